The number of carbonyl (C=O) groups is 1. The highest BCUT2D eigenvalue weighted by Gasteiger charge is 2.38. The van der Waals surface area contributed by atoms with E-state index < -0.39 is 12.6 Å². The van der Waals surface area contributed by atoms with Gasteiger partial charge in [-0.05, 0) is 49.3 Å². The molecule has 6 heteroatoms. The maximum absolute atomic E-state index is 12.4. The van der Waals surface area contributed by atoms with E-state index in [1.54, 1.807) is 24.3 Å². The monoisotopic (exact) mass is 340 g/mol. The normalized spacial score (nSPS) is 26.9. The summed E-state index contributed by atoms with van der Waals surface area (Å²) in [6, 6.07) is 6.93. The minimum atomic E-state index is -4.16. The first-order chi connectivity index (χ1) is 11.4. The van der Waals surface area contributed by atoms with Crippen molar-refractivity contribution in [2.75, 3.05) is 5.32 Å². The van der Waals surface area contributed by atoms with Gasteiger partial charge in [0.05, 0.1) is 6.04 Å². The molecule has 1 saturated heterocycles. The number of carbonyl (C=O) groups excluding carboxylic acids is 1. The molecule has 2 fully saturated rings. The Morgan fingerprint density at radius 1 is 1.25 bits per heavy atom. The van der Waals surface area contributed by atoms with E-state index in [1.807, 2.05) is 0 Å². The number of rotatable bonds is 4. The number of aryl methyl sites for hydroxylation is 1. The van der Waals surface area contributed by atoms with Gasteiger partial charge in [-0.3, -0.25) is 4.79 Å². The average Bonchev–Trinajstić information content (AvgIpc) is 2.97. The first kappa shape index (κ1) is 17.3. The number of anilines is 1. The molecule has 24 heavy (non-hydrogen) atoms. The van der Waals surface area contributed by atoms with Crippen LogP contribution in [0.4, 0.5) is 18.9 Å². The van der Waals surface area contributed by atoms with Crippen molar-refractivity contribution in [2.45, 2.75) is 63.2 Å². The van der Waals surface area contributed by atoms with Crippen molar-refractivity contribution in [3.05, 3.63) is 29.8 Å². The molecule has 1 aliphatic carbocycles. The topological polar surface area (TPSA) is 41.1 Å². The highest BCUT2D eigenvalue weighted by Crippen LogP contribution is 2.33. The molecular weight excluding hydrogens is 317 g/mol. The van der Waals surface area contributed by atoms with Crippen LogP contribution >= 0.6 is 0 Å². The van der Waals surface area contributed by atoms with Crippen LogP contribution in [0.1, 0.15) is 44.1 Å². The summed E-state index contributed by atoms with van der Waals surface area (Å²) >= 11 is 0. The number of amides is 1. The lowest BCUT2D eigenvalue weighted by Gasteiger charge is -2.24. The van der Waals surface area contributed by atoms with E-state index in [2.05, 4.69) is 10.6 Å². The van der Waals surface area contributed by atoms with Gasteiger partial charge in [0.2, 0.25) is 5.91 Å². The molecule has 0 bridgehead atoms. The number of fused-ring (bicyclic) bond motifs is 1. The van der Waals surface area contributed by atoms with Crippen LogP contribution in [-0.2, 0) is 11.2 Å². The fourth-order valence-electron chi connectivity index (χ4n) is 3.84. The standard InChI is InChI=1S/C18H23F3N2O/c19-18(20,21)9-8-12-4-3-6-14(10-12)22-17(24)16-11-13-5-1-2-7-15(13)23-16/h3-4,6,10,13,15-16,23H,1-2,5,7-9,11H2,(H,22,24). The Labute approximate surface area is 140 Å². The van der Waals surface area contributed by atoms with E-state index in [4.69, 9.17) is 0 Å². The molecule has 132 valence electrons. The molecule has 1 amide bonds. The van der Waals surface area contributed by atoms with Crippen LogP contribution in [0.15, 0.2) is 24.3 Å². The molecule has 1 aliphatic heterocycles. The third-order valence-electron chi connectivity index (χ3n) is 5.07. The zero-order chi connectivity index (χ0) is 17.2. The third-order valence-corrected chi connectivity index (χ3v) is 5.07. The first-order valence-corrected chi connectivity index (χ1v) is 8.63. The van der Waals surface area contributed by atoms with Crippen molar-refractivity contribution in [1.82, 2.24) is 5.32 Å². The highest BCUT2D eigenvalue weighted by molar-refractivity contribution is 5.95. The Bertz CT molecular complexity index is 574. The Kier molecular flexibility index (Phi) is 5.13. The number of hydrogen-bond donors (Lipinski definition) is 2. The summed E-state index contributed by atoms with van der Waals surface area (Å²) < 4.78 is 37.0. The molecule has 1 saturated carbocycles. The first-order valence-electron chi connectivity index (χ1n) is 8.63. The lowest BCUT2D eigenvalue weighted by atomic mass is 9.85. The molecule has 3 unspecified atom stereocenters. The van der Waals surface area contributed by atoms with Gasteiger partial charge in [-0.25, -0.2) is 0 Å². The second-order valence-corrected chi connectivity index (χ2v) is 6.91. The summed E-state index contributed by atoms with van der Waals surface area (Å²) in [7, 11) is 0. The van der Waals surface area contributed by atoms with Crippen molar-refractivity contribution in [2.24, 2.45) is 5.92 Å². The van der Waals surface area contributed by atoms with E-state index in [9.17, 15) is 18.0 Å². The van der Waals surface area contributed by atoms with E-state index in [-0.39, 0.29) is 18.4 Å². The largest absolute Gasteiger partial charge is 0.389 e. The summed E-state index contributed by atoms with van der Waals surface area (Å²) in [5, 5.41) is 6.26. The Hall–Kier alpha value is -1.56. The van der Waals surface area contributed by atoms with Crippen LogP contribution < -0.4 is 10.6 Å². The van der Waals surface area contributed by atoms with E-state index in [0.717, 1.165) is 12.8 Å². The summed E-state index contributed by atoms with van der Waals surface area (Å²) in [6.45, 7) is 0. The van der Waals surface area contributed by atoms with Crippen LogP contribution in [-0.4, -0.2) is 24.2 Å². The van der Waals surface area contributed by atoms with Gasteiger partial charge in [0, 0.05) is 18.2 Å². The minimum absolute atomic E-state index is 0.0704. The highest BCUT2D eigenvalue weighted by atomic mass is 19.4. The molecular formula is C18H23F3N2O. The fraction of sp³-hybridized carbons (Fsp3) is 0.611. The van der Waals surface area contributed by atoms with Crippen LogP contribution in [0, 0.1) is 5.92 Å². The number of benzene rings is 1. The van der Waals surface area contributed by atoms with E-state index in [1.165, 1.54) is 19.3 Å². The van der Waals surface area contributed by atoms with Gasteiger partial charge in [-0.15, -0.1) is 0 Å². The summed E-state index contributed by atoms with van der Waals surface area (Å²) in [5.41, 5.74) is 1.15. The number of nitrogens with one attached hydrogen (secondary N) is 2. The summed E-state index contributed by atoms with van der Waals surface area (Å²) in [5.74, 6) is 0.491. The Morgan fingerprint density at radius 2 is 2.04 bits per heavy atom. The van der Waals surface area contributed by atoms with Crippen LogP contribution in [0.3, 0.4) is 0 Å². The van der Waals surface area contributed by atoms with Crippen LogP contribution in [0.2, 0.25) is 0 Å². The van der Waals surface area contributed by atoms with E-state index in [0.29, 0.717) is 23.2 Å². The van der Waals surface area contributed by atoms with Crippen molar-refractivity contribution in [3.63, 3.8) is 0 Å². The fourth-order valence-corrected chi connectivity index (χ4v) is 3.84. The molecule has 0 radical (unpaired) electrons. The number of hydrogen-bond acceptors (Lipinski definition) is 2. The Balaban J connectivity index is 1.56. The zero-order valence-corrected chi connectivity index (χ0v) is 13.5. The molecule has 0 spiro atoms. The van der Waals surface area contributed by atoms with Crippen molar-refractivity contribution >= 4 is 11.6 Å². The quantitative estimate of drug-likeness (QED) is 0.868. The Morgan fingerprint density at radius 3 is 2.79 bits per heavy atom. The third kappa shape index (κ3) is 4.50. The van der Waals surface area contributed by atoms with Crippen molar-refractivity contribution < 1.29 is 18.0 Å². The van der Waals surface area contributed by atoms with Crippen LogP contribution in [0.25, 0.3) is 0 Å². The molecule has 1 aromatic carbocycles. The molecule has 1 heterocycles. The smallest absolute Gasteiger partial charge is 0.325 e. The van der Waals surface area contributed by atoms with Crippen LogP contribution in [0.5, 0.6) is 0 Å². The maximum atomic E-state index is 12.4. The van der Waals surface area contributed by atoms with Crippen molar-refractivity contribution in [1.29, 1.82) is 0 Å². The van der Waals surface area contributed by atoms with Gasteiger partial charge >= 0.3 is 6.18 Å². The van der Waals surface area contributed by atoms with Gasteiger partial charge in [0.1, 0.15) is 0 Å². The SMILES string of the molecule is O=C(Nc1cccc(CCC(F)(F)F)c1)C1CC2CCCCC2N1. The van der Waals surface area contributed by atoms with E-state index >= 15 is 0 Å². The zero-order valence-electron chi connectivity index (χ0n) is 13.5. The molecule has 3 atom stereocenters. The lowest BCUT2D eigenvalue weighted by molar-refractivity contribution is -0.134. The molecule has 3 nitrogen and oxygen atoms in total. The molecule has 3 rings (SSSR count). The molecule has 0 aromatic heterocycles. The second-order valence-electron chi connectivity index (χ2n) is 6.91. The van der Waals surface area contributed by atoms with Crippen molar-refractivity contribution in [3.8, 4) is 0 Å². The van der Waals surface area contributed by atoms with Gasteiger partial charge in [0.15, 0.2) is 0 Å². The van der Waals surface area contributed by atoms with Gasteiger partial charge in [-0.1, -0.05) is 25.0 Å². The maximum Gasteiger partial charge on any atom is 0.389 e. The second kappa shape index (κ2) is 7.13. The predicted octanol–water partition coefficient (Wildman–Crippen LogP) is 4.04. The molecule has 2 N–H and O–H groups in total. The number of halogens is 3. The molecule has 1 aromatic rings. The van der Waals surface area contributed by atoms with Gasteiger partial charge in [-0.2, -0.15) is 13.2 Å². The number of alkyl halides is 3. The van der Waals surface area contributed by atoms with Gasteiger partial charge < -0.3 is 10.6 Å². The summed E-state index contributed by atoms with van der Waals surface area (Å²) in [6.07, 6.45) is 0.516. The molecule has 2 aliphatic rings. The summed E-state index contributed by atoms with van der Waals surface area (Å²) in [4.78, 5) is 12.4. The van der Waals surface area contributed by atoms with Gasteiger partial charge in [0.25, 0.3) is 0 Å². The lowest BCUT2D eigenvalue weighted by Crippen LogP contribution is -2.39. The minimum Gasteiger partial charge on any atom is -0.325 e. The predicted molar refractivity (Wildman–Crippen MR) is 86.7 cm³/mol. The average molecular weight is 340 g/mol.